The zero-order valence-corrected chi connectivity index (χ0v) is 17.1. The Balaban J connectivity index is 2.12. The van der Waals surface area contributed by atoms with E-state index in [-0.39, 0.29) is 5.41 Å². The molecule has 0 aliphatic rings. The number of aliphatic carboxylic acids is 1. The fourth-order valence-corrected chi connectivity index (χ4v) is 2.86. The summed E-state index contributed by atoms with van der Waals surface area (Å²) in [6.45, 7) is 9.14. The smallest absolute Gasteiger partial charge is 0.328 e. The standard InChI is InChI=1S/C23H28O5/c1-16-8-6-10-18(23(2,3)4)21(16)27-14-15-28-22-17(12-13-20(24)25)9-7-11-19(22)26-5/h6-13H,14-15H2,1-5H3,(H,24,25). The maximum absolute atomic E-state index is 10.8. The third-order valence-corrected chi connectivity index (χ3v) is 4.23. The topological polar surface area (TPSA) is 65.0 Å². The first-order valence-corrected chi connectivity index (χ1v) is 9.17. The third-order valence-electron chi connectivity index (χ3n) is 4.23. The Morgan fingerprint density at radius 2 is 1.68 bits per heavy atom. The molecule has 2 aromatic rings. The van der Waals surface area contributed by atoms with Gasteiger partial charge in [-0.05, 0) is 35.6 Å². The first kappa shape index (κ1) is 21.4. The maximum Gasteiger partial charge on any atom is 0.328 e. The number of carboxylic acid groups (broad SMARTS) is 1. The minimum Gasteiger partial charge on any atom is -0.493 e. The molecule has 5 nitrogen and oxygen atoms in total. The molecule has 0 aliphatic carbocycles. The molecule has 0 fully saturated rings. The predicted molar refractivity (Wildman–Crippen MR) is 111 cm³/mol. The minimum absolute atomic E-state index is 0.0281. The van der Waals surface area contributed by atoms with E-state index in [1.165, 1.54) is 6.08 Å². The van der Waals surface area contributed by atoms with E-state index in [0.717, 1.165) is 23.0 Å². The van der Waals surface area contributed by atoms with Crippen molar-refractivity contribution in [1.29, 1.82) is 0 Å². The van der Waals surface area contributed by atoms with Gasteiger partial charge in [0, 0.05) is 11.6 Å². The zero-order chi connectivity index (χ0) is 20.7. The van der Waals surface area contributed by atoms with Crippen LogP contribution in [0.4, 0.5) is 0 Å². The number of aryl methyl sites for hydroxylation is 1. The van der Waals surface area contributed by atoms with Crippen LogP contribution in [0.1, 0.15) is 37.5 Å². The number of rotatable bonds is 8. The van der Waals surface area contributed by atoms with Crippen LogP contribution in [0.5, 0.6) is 17.2 Å². The van der Waals surface area contributed by atoms with Crippen molar-refractivity contribution >= 4 is 12.0 Å². The van der Waals surface area contributed by atoms with Crippen LogP contribution in [-0.2, 0) is 10.2 Å². The second-order valence-electron chi connectivity index (χ2n) is 7.45. The quantitative estimate of drug-likeness (QED) is 0.520. The normalized spacial score (nSPS) is 11.5. The summed E-state index contributed by atoms with van der Waals surface area (Å²) in [4.78, 5) is 10.8. The van der Waals surface area contributed by atoms with Crippen molar-refractivity contribution in [2.75, 3.05) is 20.3 Å². The van der Waals surface area contributed by atoms with Crippen molar-refractivity contribution in [3.8, 4) is 17.2 Å². The van der Waals surface area contributed by atoms with E-state index >= 15 is 0 Å². The zero-order valence-electron chi connectivity index (χ0n) is 17.1. The van der Waals surface area contributed by atoms with Gasteiger partial charge >= 0.3 is 5.97 Å². The second kappa shape index (κ2) is 9.31. The van der Waals surface area contributed by atoms with Gasteiger partial charge in [0.2, 0.25) is 0 Å². The molecular formula is C23H28O5. The first-order valence-electron chi connectivity index (χ1n) is 9.17. The van der Waals surface area contributed by atoms with Crippen LogP contribution in [0.3, 0.4) is 0 Å². The Morgan fingerprint density at radius 1 is 1.04 bits per heavy atom. The molecule has 5 heteroatoms. The molecule has 0 heterocycles. The number of para-hydroxylation sites is 2. The molecule has 0 atom stereocenters. The molecule has 0 aromatic heterocycles. The average molecular weight is 384 g/mol. The van der Waals surface area contributed by atoms with Gasteiger partial charge in [0.25, 0.3) is 0 Å². The predicted octanol–water partition coefficient (Wildman–Crippen LogP) is 4.86. The number of ether oxygens (including phenoxy) is 3. The summed E-state index contributed by atoms with van der Waals surface area (Å²) in [5, 5.41) is 8.87. The van der Waals surface area contributed by atoms with E-state index in [9.17, 15) is 4.79 Å². The summed E-state index contributed by atoms with van der Waals surface area (Å²) in [6.07, 6.45) is 2.56. The van der Waals surface area contributed by atoms with Gasteiger partial charge in [-0.1, -0.05) is 51.1 Å². The highest BCUT2D eigenvalue weighted by Gasteiger charge is 2.20. The van der Waals surface area contributed by atoms with Crippen LogP contribution in [0.15, 0.2) is 42.5 Å². The van der Waals surface area contributed by atoms with Gasteiger partial charge in [-0.2, -0.15) is 0 Å². The van der Waals surface area contributed by atoms with Gasteiger partial charge in [-0.15, -0.1) is 0 Å². The van der Waals surface area contributed by atoms with Gasteiger partial charge < -0.3 is 19.3 Å². The number of hydrogen-bond acceptors (Lipinski definition) is 4. The third kappa shape index (κ3) is 5.52. The lowest BCUT2D eigenvalue weighted by atomic mass is 9.85. The Morgan fingerprint density at radius 3 is 2.29 bits per heavy atom. The Kier molecular flexibility index (Phi) is 7.10. The van der Waals surface area contributed by atoms with E-state index in [1.54, 1.807) is 25.3 Å². The highest BCUT2D eigenvalue weighted by molar-refractivity contribution is 5.86. The van der Waals surface area contributed by atoms with Gasteiger partial charge in [0.05, 0.1) is 7.11 Å². The Hall–Kier alpha value is -2.95. The summed E-state index contributed by atoms with van der Waals surface area (Å²) >= 11 is 0. The molecule has 0 aliphatic heterocycles. The lowest BCUT2D eigenvalue weighted by Gasteiger charge is -2.24. The highest BCUT2D eigenvalue weighted by Crippen LogP contribution is 2.34. The summed E-state index contributed by atoms with van der Waals surface area (Å²) < 4.78 is 17.3. The van der Waals surface area contributed by atoms with Crippen LogP contribution in [0.25, 0.3) is 6.08 Å². The maximum atomic E-state index is 10.8. The molecule has 0 bridgehead atoms. The van der Waals surface area contributed by atoms with Crippen LogP contribution in [0, 0.1) is 6.92 Å². The van der Waals surface area contributed by atoms with Gasteiger partial charge in [-0.25, -0.2) is 4.79 Å². The number of carbonyl (C=O) groups is 1. The van der Waals surface area contributed by atoms with E-state index < -0.39 is 5.97 Å². The van der Waals surface area contributed by atoms with Crippen LogP contribution < -0.4 is 14.2 Å². The molecule has 0 unspecified atom stereocenters. The largest absolute Gasteiger partial charge is 0.493 e. The van der Waals surface area contributed by atoms with E-state index in [2.05, 4.69) is 26.8 Å². The van der Waals surface area contributed by atoms with Crippen molar-refractivity contribution in [3.05, 3.63) is 59.2 Å². The number of carboxylic acids is 1. The monoisotopic (exact) mass is 384 g/mol. The van der Waals surface area contributed by atoms with Crippen molar-refractivity contribution in [2.45, 2.75) is 33.1 Å². The minimum atomic E-state index is -1.02. The van der Waals surface area contributed by atoms with Crippen LogP contribution in [0.2, 0.25) is 0 Å². The van der Waals surface area contributed by atoms with Crippen molar-refractivity contribution < 1.29 is 24.1 Å². The fraction of sp³-hybridized carbons (Fsp3) is 0.348. The molecule has 0 saturated heterocycles. The Labute approximate surface area is 166 Å². The van der Waals surface area contributed by atoms with E-state index in [1.807, 2.05) is 19.1 Å². The van der Waals surface area contributed by atoms with Crippen LogP contribution >= 0.6 is 0 Å². The van der Waals surface area contributed by atoms with E-state index in [4.69, 9.17) is 19.3 Å². The summed E-state index contributed by atoms with van der Waals surface area (Å²) in [5.41, 5.74) is 2.83. The molecule has 2 aromatic carbocycles. The lowest BCUT2D eigenvalue weighted by Crippen LogP contribution is -2.17. The van der Waals surface area contributed by atoms with Crippen molar-refractivity contribution in [3.63, 3.8) is 0 Å². The van der Waals surface area contributed by atoms with Crippen molar-refractivity contribution in [2.24, 2.45) is 0 Å². The molecule has 150 valence electrons. The van der Waals surface area contributed by atoms with Gasteiger partial charge in [0.1, 0.15) is 19.0 Å². The summed E-state index contributed by atoms with van der Waals surface area (Å²) in [7, 11) is 1.55. The highest BCUT2D eigenvalue weighted by atomic mass is 16.5. The molecule has 28 heavy (non-hydrogen) atoms. The van der Waals surface area contributed by atoms with E-state index in [0.29, 0.717) is 30.3 Å². The first-order chi connectivity index (χ1) is 13.2. The van der Waals surface area contributed by atoms with Gasteiger partial charge in [0.15, 0.2) is 11.5 Å². The molecule has 0 spiro atoms. The van der Waals surface area contributed by atoms with Crippen LogP contribution in [-0.4, -0.2) is 31.4 Å². The summed E-state index contributed by atoms with van der Waals surface area (Å²) in [6, 6.07) is 11.5. The summed E-state index contributed by atoms with van der Waals surface area (Å²) in [5.74, 6) is 0.890. The SMILES string of the molecule is COc1cccc(C=CC(=O)O)c1OCCOc1c(C)cccc1C(C)(C)C. The number of hydrogen-bond donors (Lipinski definition) is 1. The molecule has 0 amide bonds. The molecule has 1 N–H and O–H groups in total. The van der Waals surface area contributed by atoms with Crippen molar-refractivity contribution in [1.82, 2.24) is 0 Å². The average Bonchev–Trinajstić information content (AvgIpc) is 2.63. The molecule has 0 radical (unpaired) electrons. The fourth-order valence-electron chi connectivity index (χ4n) is 2.86. The molecule has 0 saturated carbocycles. The number of benzene rings is 2. The second-order valence-corrected chi connectivity index (χ2v) is 7.45. The lowest BCUT2D eigenvalue weighted by molar-refractivity contribution is -0.131. The molecular weight excluding hydrogens is 356 g/mol. The Bertz CT molecular complexity index is 847. The number of methoxy groups -OCH3 is 1. The molecule has 2 rings (SSSR count). The van der Waals surface area contributed by atoms with Gasteiger partial charge in [-0.3, -0.25) is 0 Å².